The number of amides is 1. The quantitative estimate of drug-likeness (QED) is 0.807. The van der Waals surface area contributed by atoms with Gasteiger partial charge in [-0.25, -0.2) is 0 Å². The van der Waals surface area contributed by atoms with Gasteiger partial charge in [0.25, 0.3) is 0 Å². The first-order valence-corrected chi connectivity index (χ1v) is 7.76. The predicted molar refractivity (Wildman–Crippen MR) is 84.9 cm³/mol. The van der Waals surface area contributed by atoms with Crippen LogP contribution in [0.2, 0.25) is 0 Å². The number of carbonyl (C=O) groups is 1. The van der Waals surface area contributed by atoms with Crippen LogP contribution >= 0.6 is 0 Å². The predicted octanol–water partition coefficient (Wildman–Crippen LogP) is 2.34. The van der Waals surface area contributed by atoms with Crippen molar-refractivity contribution in [1.82, 2.24) is 10.3 Å². The number of rotatable bonds is 4. The van der Waals surface area contributed by atoms with E-state index < -0.39 is 6.04 Å². The minimum absolute atomic E-state index is 0.0287. The molecule has 4 nitrogen and oxygen atoms in total. The molecule has 3 atom stereocenters. The summed E-state index contributed by atoms with van der Waals surface area (Å²) in [4.78, 5) is 15.5. The van der Waals surface area contributed by atoms with Gasteiger partial charge in [-0.2, -0.15) is 0 Å². The molecule has 112 valence electrons. The van der Waals surface area contributed by atoms with Crippen LogP contribution in [0.3, 0.4) is 0 Å². The molecule has 0 saturated heterocycles. The third-order valence-electron chi connectivity index (χ3n) is 4.64. The van der Waals surface area contributed by atoms with Crippen LogP contribution in [-0.2, 0) is 11.2 Å². The van der Waals surface area contributed by atoms with Gasteiger partial charge in [0.15, 0.2) is 0 Å². The molecule has 0 bridgehead atoms. The highest BCUT2D eigenvalue weighted by molar-refractivity contribution is 5.86. The highest BCUT2D eigenvalue weighted by Gasteiger charge is 2.26. The van der Waals surface area contributed by atoms with E-state index >= 15 is 0 Å². The first-order chi connectivity index (χ1) is 10.1. The summed E-state index contributed by atoms with van der Waals surface area (Å²) in [6.45, 7) is 2.20. The summed E-state index contributed by atoms with van der Waals surface area (Å²) in [5, 5.41) is 4.26. The molecule has 1 saturated carbocycles. The highest BCUT2D eigenvalue weighted by atomic mass is 16.2. The van der Waals surface area contributed by atoms with Crippen LogP contribution in [-0.4, -0.2) is 23.0 Å². The standard InChI is InChI=1S/C17H23N3O/c1-11-5-4-8-15(11)20-17(21)14(18)9-12-10-19-16-7-3-2-6-13(12)16/h2-3,6-7,10-11,14-15,19H,4-5,8-9,18H2,1H3,(H,20,21). The molecule has 0 aliphatic heterocycles. The Labute approximate surface area is 125 Å². The number of carbonyl (C=O) groups excluding carboxylic acids is 1. The molecule has 3 rings (SSSR count). The van der Waals surface area contributed by atoms with Crippen molar-refractivity contribution >= 4 is 16.8 Å². The van der Waals surface area contributed by atoms with Crippen molar-refractivity contribution in [2.75, 3.05) is 0 Å². The number of nitrogens with one attached hydrogen (secondary N) is 2. The number of para-hydroxylation sites is 1. The fourth-order valence-electron chi connectivity index (χ4n) is 3.28. The van der Waals surface area contributed by atoms with E-state index in [1.54, 1.807) is 0 Å². The molecule has 1 aliphatic carbocycles. The molecule has 1 amide bonds. The maximum Gasteiger partial charge on any atom is 0.237 e. The fourth-order valence-corrected chi connectivity index (χ4v) is 3.28. The third-order valence-corrected chi connectivity index (χ3v) is 4.64. The molecule has 0 radical (unpaired) electrons. The zero-order valence-corrected chi connectivity index (χ0v) is 12.4. The summed E-state index contributed by atoms with van der Waals surface area (Å²) in [6.07, 6.45) is 5.99. The molecule has 3 unspecified atom stereocenters. The van der Waals surface area contributed by atoms with Crippen LogP contribution in [0, 0.1) is 5.92 Å². The van der Waals surface area contributed by atoms with Crippen molar-refractivity contribution in [1.29, 1.82) is 0 Å². The number of aromatic nitrogens is 1. The van der Waals surface area contributed by atoms with Crippen LogP contribution < -0.4 is 11.1 Å². The largest absolute Gasteiger partial charge is 0.361 e. The Bertz CT molecular complexity index is 634. The zero-order valence-electron chi connectivity index (χ0n) is 12.4. The van der Waals surface area contributed by atoms with Gasteiger partial charge in [0.05, 0.1) is 6.04 Å². The first kappa shape index (κ1) is 14.1. The van der Waals surface area contributed by atoms with Crippen LogP contribution in [0.1, 0.15) is 31.7 Å². The number of fused-ring (bicyclic) bond motifs is 1. The average molecular weight is 285 g/mol. The Morgan fingerprint density at radius 2 is 2.24 bits per heavy atom. The second-order valence-corrected chi connectivity index (χ2v) is 6.19. The molecule has 1 aliphatic rings. The molecular weight excluding hydrogens is 262 g/mol. The lowest BCUT2D eigenvalue weighted by Gasteiger charge is -2.20. The van der Waals surface area contributed by atoms with Crippen LogP contribution in [0.4, 0.5) is 0 Å². The minimum Gasteiger partial charge on any atom is -0.361 e. The van der Waals surface area contributed by atoms with Gasteiger partial charge in [-0.1, -0.05) is 31.5 Å². The summed E-state index contributed by atoms with van der Waals surface area (Å²) in [7, 11) is 0. The number of hydrogen-bond donors (Lipinski definition) is 3. The monoisotopic (exact) mass is 285 g/mol. The van der Waals surface area contributed by atoms with Gasteiger partial charge in [0.1, 0.15) is 0 Å². The molecule has 0 spiro atoms. The molecule has 4 N–H and O–H groups in total. The van der Waals surface area contributed by atoms with Gasteiger partial charge in [0.2, 0.25) is 5.91 Å². The van der Waals surface area contributed by atoms with Gasteiger partial charge in [0, 0.05) is 23.1 Å². The zero-order chi connectivity index (χ0) is 14.8. The van der Waals surface area contributed by atoms with E-state index in [0.29, 0.717) is 18.4 Å². The molecule has 1 aromatic carbocycles. The minimum atomic E-state index is -0.489. The van der Waals surface area contributed by atoms with Crippen molar-refractivity contribution < 1.29 is 4.79 Å². The average Bonchev–Trinajstić information content (AvgIpc) is 3.07. The topological polar surface area (TPSA) is 70.9 Å². The Kier molecular flexibility index (Phi) is 3.97. The molecule has 2 aromatic rings. The summed E-state index contributed by atoms with van der Waals surface area (Å²) in [5.74, 6) is 0.535. The van der Waals surface area contributed by atoms with E-state index in [1.165, 1.54) is 12.8 Å². The summed E-state index contributed by atoms with van der Waals surface area (Å²) >= 11 is 0. The maximum atomic E-state index is 12.3. The second kappa shape index (κ2) is 5.90. The van der Waals surface area contributed by atoms with Crippen LogP contribution in [0.5, 0.6) is 0 Å². The van der Waals surface area contributed by atoms with Crippen LogP contribution in [0.15, 0.2) is 30.5 Å². The van der Waals surface area contributed by atoms with Crippen molar-refractivity contribution in [2.24, 2.45) is 11.7 Å². The van der Waals surface area contributed by atoms with Crippen molar-refractivity contribution in [3.63, 3.8) is 0 Å². The summed E-state index contributed by atoms with van der Waals surface area (Å²) < 4.78 is 0. The second-order valence-electron chi connectivity index (χ2n) is 6.19. The number of H-pyrrole nitrogens is 1. The maximum absolute atomic E-state index is 12.3. The normalized spacial score (nSPS) is 23.3. The number of nitrogens with two attached hydrogens (primary N) is 1. The van der Waals surface area contributed by atoms with Crippen LogP contribution in [0.25, 0.3) is 10.9 Å². The number of benzene rings is 1. The SMILES string of the molecule is CC1CCCC1NC(=O)C(N)Cc1c[nH]c2ccccc12. The Morgan fingerprint density at radius 3 is 3.00 bits per heavy atom. The molecule has 1 aromatic heterocycles. The highest BCUT2D eigenvalue weighted by Crippen LogP contribution is 2.25. The first-order valence-electron chi connectivity index (χ1n) is 7.76. The van der Waals surface area contributed by atoms with E-state index in [9.17, 15) is 4.79 Å². The van der Waals surface area contributed by atoms with E-state index in [4.69, 9.17) is 5.73 Å². The third kappa shape index (κ3) is 2.95. The Hall–Kier alpha value is -1.81. The van der Waals surface area contributed by atoms with Gasteiger partial charge in [-0.15, -0.1) is 0 Å². The van der Waals surface area contributed by atoms with E-state index in [2.05, 4.69) is 23.3 Å². The van der Waals surface area contributed by atoms with Gasteiger partial charge in [-0.3, -0.25) is 4.79 Å². The molecule has 21 heavy (non-hydrogen) atoms. The Balaban J connectivity index is 1.65. The lowest BCUT2D eigenvalue weighted by Crippen LogP contribution is -2.47. The Morgan fingerprint density at radius 1 is 1.43 bits per heavy atom. The van der Waals surface area contributed by atoms with Crippen molar-refractivity contribution in [3.8, 4) is 0 Å². The summed E-state index contributed by atoms with van der Waals surface area (Å²) in [5.41, 5.74) is 8.29. The molecular formula is C17H23N3O. The number of aromatic amines is 1. The van der Waals surface area contributed by atoms with Gasteiger partial charge < -0.3 is 16.0 Å². The van der Waals surface area contributed by atoms with Crippen molar-refractivity contribution in [2.45, 2.75) is 44.7 Å². The van der Waals surface area contributed by atoms with E-state index in [-0.39, 0.29) is 5.91 Å². The fraction of sp³-hybridized carbons (Fsp3) is 0.471. The molecule has 1 heterocycles. The smallest absolute Gasteiger partial charge is 0.237 e. The number of hydrogen-bond acceptors (Lipinski definition) is 2. The van der Waals surface area contributed by atoms with Crippen molar-refractivity contribution in [3.05, 3.63) is 36.0 Å². The van der Waals surface area contributed by atoms with E-state index in [1.807, 2.05) is 24.4 Å². The summed E-state index contributed by atoms with van der Waals surface area (Å²) in [6, 6.07) is 7.90. The van der Waals surface area contributed by atoms with Gasteiger partial charge >= 0.3 is 0 Å². The lowest BCUT2D eigenvalue weighted by atomic mass is 10.0. The van der Waals surface area contributed by atoms with Gasteiger partial charge in [-0.05, 0) is 36.8 Å². The molecule has 1 fully saturated rings. The molecule has 4 heteroatoms. The van der Waals surface area contributed by atoms with E-state index in [0.717, 1.165) is 22.9 Å². The lowest BCUT2D eigenvalue weighted by molar-refractivity contribution is -0.123.